The number of carbonyl (C=O) groups is 1. The monoisotopic (exact) mass is 310 g/mol. The highest BCUT2D eigenvalue weighted by Crippen LogP contribution is 2.27. The lowest BCUT2D eigenvalue weighted by atomic mass is 10.1. The fourth-order valence-corrected chi connectivity index (χ4v) is 1.97. The van der Waals surface area contributed by atoms with Crippen molar-refractivity contribution in [1.82, 2.24) is 5.32 Å². The lowest BCUT2D eigenvalue weighted by Crippen LogP contribution is -2.28. The van der Waals surface area contributed by atoms with Crippen LogP contribution in [0.2, 0.25) is 0 Å². The molecule has 0 saturated heterocycles. The predicted molar refractivity (Wildman–Crippen MR) is 77.3 cm³/mol. The number of halogens is 3. The summed E-state index contributed by atoms with van der Waals surface area (Å²) < 4.78 is 24.4. The quantitative estimate of drug-likeness (QED) is 0.793. The second-order valence-corrected chi connectivity index (χ2v) is 4.92. The van der Waals surface area contributed by atoms with Crippen molar-refractivity contribution in [1.29, 1.82) is 0 Å². The van der Waals surface area contributed by atoms with Gasteiger partial charge in [0.15, 0.2) is 0 Å². The number of thioether (sulfide) groups is 1. The molecule has 0 saturated carbocycles. The molecule has 1 atom stereocenters. The van der Waals surface area contributed by atoms with Crippen LogP contribution < -0.4 is 10.6 Å². The Hall–Kier alpha value is -0.850. The second kappa shape index (κ2) is 9.12. The van der Waals surface area contributed by atoms with Crippen LogP contribution in [0.3, 0.4) is 0 Å². The average molecular weight is 311 g/mol. The van der Waals surface area contributed by atoms with Crippen LogP contribution in [0.25, 0.3) is 0 Å². The number of rotatable bonds is 6. The third-order valence-electron chi connectivity index (χ3n) is 2.28. The fraction of sp³-hybridized carbons (Fsp3) is 0.417. The zero-order chi connectivity index (χ0) is 13.5. The molecule has 19 heavy (non-hydrogen) atoms. The van der Waals surface area contributed by atoms with Crippen molar-refractivity contribution in [2.75, 3.05) is 18.9 Å². The number of carbonyl (C=O) groups excluding carboxylic acids is 1. The average Bonchev–Trinajstić information content (AvgIpc) is 2.28. The van der Waals surface area contributed by atoms with Gasteiger partial charge >= 0.3 is 0 Å². The molecule has 1 rings (SSSR count). The van der Waals surface area contributed by atoms with Crippen molar-refractivity contribution in [2.45, 2.75) is 17.6 Å². The van der Waals surface area contributed by atoms with Gasteiger partial charge in [0.25, 0.3) is 5.76 Å². The number of hydrogen-bond acceptors (Lipinski definition) is 3. The number of amides is 1. The van der Waals surface area contributed by atoms with Crippen LogP contribution in [-0.4, -0.2) is 25.3 Å². The molecular formula is C12H17ClF2N2OS. The Bertz CT molecular complexity index is 407. The minimum Gasteiger partial charge on any atom is -0.326 e. The molecular weight excluding hydrogens is 294 g/mol. The molecule has 108 valence electrons. The molecule has 0 aliphatic carbocycles. The number of hydrogen-bond donors (Lipinski definition) is 2. The van der Waals surface area contributed by atoms with Crippen LogP contribution in [0, 0.1) is 5.92 Å². The first-order valence-corrected chi connectivity index (χ1v) is 6.41. The summed E-state index contributed by atoms with van der Waals surface area (Å²) in [5.41, 5.74) is 0.536. The molecule has 0 fully saturated rings. The van der Waals surface area contributed by atoms with E-state index in [0.29, 0.717) is 28.9 Å². The summed E-state index contributed by atoms with van der Waals surface area (Å²) in [4.78, 5) is 12.2. The molecule has 0 aromatic heterocycles. The maximum atomic E-state index is 12.2. The molecule has 1 aromatic rings. The Balaban J connectivity index is 0.00000324. The highest BCUT2D eigenvalue weighted by molar-refractivity contribution is 7.99. The smallest absolute Gasteiger partial charge is 0.288 e. The molecule has 1 unspecified atom stereocenters. The van der Waals surface area contributed by atoms with Crippen LogP contribution >= 0.6 is 24.2 Å². The number of benzene rings is 1. The van der Waals surface area contributed by atoms with Gasteiger partial charge in [0.05, 0.1) is 0 Å². The molecule has 2 N–H and O–H groups in total. The van der Waals surface area contributed by atoms with Crippen LogP contribution in [0.1, 0.15) is 6.92 Å². The van der Waals surface area contributed by atoms with E-state index in [4.69, 9.17) is 0 Å². The highest BCUT2D eigenvalue weighted by atomic mass is 35.5. The topological polar surface area (TPSA) is 41.1 Å². The molecule has 0 spiro atoms. The zero-order valence-corrected chi connectivity index (χ0v) is 12.3. The van der Waals surface area contributed by atoms with Gasteiger partial charge in [0.2, 0.25) is 5.91 Å². The van der Waals surface area contributed by atoms with E-state index < -0.39 is 5.76 Å². The van der Waals surface area contributed by atoms with Crippen molar-refractivity contribution in [3.63, 3.8) is 0 Å². The number of anilines is 1. The van der Waals surface area contributed by atoms with Gasteiger partial charge in [-0.3, -0.25) is 4.79 Å². The Labute approximate surface area is 121 Å². The first-order chi connectivity index (χ1) is 8.52. The van der Waals surface area contributed by atoms with E-state index in [1.54, 1.807) is 38.2 Å². The molecule has 3 nitrogen and oxygen atoms in total. The summed E-state index contributed by atoms with van der Waals surface area (Å²) in [7, 11) is 1.77. The third kappa shape index (κ3) is 6.75. The summed E-state index contributed by atoms with van der Waals surface area (Å²) in [5.74, 6) is -2.77. The van der Waals surface area contributed by atoms with Gasteiger partial charge in [-0.05, 0) is 25.2 Å². The van der Waals surface area contributed by atoms with E-state index in [0.717, 1.165) is 0 Å². The largest absolute Gasteiger partial charge is 0.326 e. The van der Waals surface area contributed by atoms with Crippen LogP contribution in [0.5, 0.6) is 0 Å². The van der Waals surface area contributed by atoms with Gasteiger partial charge in [-0.25, -0.2) is 0 Å². The molecule has 1 aromatic carbocycles. The van der Waals surface area contributed by atoms with Crippen molar-refractivity contribution in [3.05, 3.63) is 24.3 Å². The maximum absolute atomic E-state index is 12.2. The normalized spacial score (nSPS) is 11.8. The van der Waals surface area contributed by atoms with E-state index in [2.05, 4.69) is 10.6 Å². The molecule has 0 aliphatic rings. The Morgan fingerprint density at radius 1 is 1.42 bits per heavy atom. The van der Waals surface area contributed by atoms with Gasteiger partial charge in [0, 0.05) is 23.0 Å². The van der Waals surface area contributed by atoms with Crippen molar-refractivity contribution < 1.29 is 13.6 Å². The van der Waals surface area contributed by atoms with Crippen LogP contribution in [0.15, 0.2) is 29.2 Å². The summed E-state index contributed by atoms with van der Waals surface area (Å²) in [6.45, 7) is 2.36. The molecule has 0 radical (unpaired) electrons. The third-order valence-corrected chi connectivity index (χ3v) is 2.99. The maximum Gasteiger partial charge on any atom is 0.288 e. The van der Waals surface area contributed by atoms with E-state index in [1.807, 2.05) is 0 Å². The Morgan fingerprint density at radius 3 is 2.68 bits per heavy atom. The number of alkyl halides is 2. The minimum absolute atomic E-state index is 0. The van der Waals surface area contributed by atoms with Gasteiger partial charge in [-0.2, -0.15) is 8.78 Å². The molecule has 7 heteroatoms. The SMILES string of the molecule is CNCC(C)C(=O)Nc1cccc(SC(F)F)c1.Cl. The van der Waals surface area contributed by atoms with Gasteiger partial charge in [-0.15, -0.1) is 12.4 Å². The first kappa shape index (κ1) is 18.1. The van der Waals surface area contributed by atoms with Crippen molar-refractivity contribution in [2.24, 2.45) is 5.92 Å². The number of nitrogens with one attached hydrogen (secondary N) is 2. The predicted octanol–water partition coefficient (Wildman–Crippen LogP) is 3.22. The van der Waals surface area contributed by atoms with Crippen molar-refractivity contribution in [3.8, 4) is 0 Å². The lowest BCUT2D eigenvalue weighted by Gasteiger charge is -2.12. The standard InChI is InChI=1S/C12H16F2N2OS.ClH/c1-8(7-15-2)11(17)16-9-4-3-5-10(6-9)18-12(13)14;/h3-6,8,12,15H,7H2,1-2H3,(H,16,17);1H. The lowest BCUT2D eigenvalue weighted by molar-refractivity contribution is -0.119. The van der Waals surface area contributed by atoms with Gasteiger partial charge in [-0.1, -0.05) is 24.8 Å². The van der Waals surface area contributed by atoms with E-state index >= 15 is 0 Å². The van der Waals surface area contributed by atoms with E-state index in [9.17, 15) is 13.6 Å². The van der Waals surface area contributed by atoms with Crippen LogP contribution in [0.4, 0.5) is 14.5 Å². The van der Waals surface area contributed by atoms with Crippen molar-refractivity contribution >= 4 is 35.8 Å². The Kier molecular flexibility index (Phi) is 8.71. The first-order valence-electron chi connectivity index (χ1n) is 5.53. The van der Waals surface area contributed by atoms with Crippen LogP contribution in [-0.2, 0) is 4.79 Å². The van der Waals surface area contributed by atoms with Gasteiger partial charge in [0.1, 0.15) is 0 Å². The second-order valence-electron chi connectivity index (χ2n) is 3.85. The summed E-state index contributed by atoms with van der Waals surface area (Å²) in [5, 5.41) is 5.61. The molecule has 0 aliphatic heterocycles. The van der Waals surface area contributed by atoms with E-state index in [1.165, 1.54) is 0 Å². The molecule has 0 heterocycles. The summed E-state index contributed by atoms with van der Waals surface area (Å²) in [6.07, 6.45) is 0. The van der Waals surface area contributed by atoms with Gasteiger partial charge < -0.3 is 10.6 Å². The summed E-state index contributed by atoms with van der Waals surface area (Å²) in [6, 6.07) is 6.45. The molecule has 0 bridgehead atoms. The van der Waals surface area contributed by atoms with E-state index in [-0.39, 0.29) is 24.2 Å². The fourth-order valence-electron chi connectivity index (χ4n) is 1.41. The zero-order valence-electron chi connectivity index (χ0n) is 10.7. The summed E-state index contributed by atoms with van der Waals surface area (Å²) >= 11 is 0.461. The molecule has 1 amide bonds. The Morgan fingerprint density at radius 2 is 2.11 bits per heavy atom. The highest BCUT2D eigenvalue weighted by Gasteiger charge is 2.12. The minimum atomic E-state index is -2.46.